The number of carbonyl (C=O) groups is 1. The third kappa shape index (κ3) is 3.76. The minimum atomic E-state index is -0.389. The fourth-order valence-corrected chi connectivity index (χ4v) is 3.54. The van der Waals surface area contributed by atoms with E-state index in [0.717, 1.165) is 11.1 Å². The molecule has 0 unspecified atom stereocenters. The predicted molar refractivity (Wildman–Crippen MR) is 109 cm³/mol. The van der Waals surface area contributed by atoms with Crippen molar-refractivity contribution in [1.29, 1.82) is 0 Å². The molecule has 0 radical (unpaired) electrons. The molecule has 0 aliphatic carbocycles. The lowest BCUT2D eigenvalue weighted by atomic mass is 10.1. The molecule has 1 amide bonds. The number of amides is 1. The number of anilines is 1. The molecular weight excluding hydrogens is 398 g/mol. The van der Waals surface area contributed by atoms with E-state index in [2.05, 4.69) is 15.5 Å². The maximum absolute atomic E-state index is 12.4. The quantitative estimate of drug-likeness (QED) is 0.477. The smallest absolute Gasteiger partial charge is 0.279 e. The lowest BCUT2D eigenvalue weighted by Crippen LogP contribution is -2.11. The van der Waals surface area contributed by atoms with E-state index in [-0.39, 0.29) is 11.6 Å². The highest BCUT2D eigenvalue weighted by Gasteiger charge is 2.16. The van der Waals surface area contributed by atoms with E-state index in [0.29, 0.717) is 27.4 Å². The Morgan fingerprint density at radius 2 is 1.96 bits per heavy atom. The highest BCUT2D eigenvalue weighted by atomic mass is 35.5. The van der Waals surface area contributed by atoms with Gasteiger partial charge in [-0.25, -0.2) is 4.98 Å². The van der Waals surface area contributed by atoms with Gasteiger partial charge in [-0.2, -0.15) is 0 Å². The van der Waals surface area contributed by atoms with Gasteiger partial charge in [-0.3, -0.25) is 10.1 Å². The topological polar surface area (TPSA) is 77.2 Å². The summed E-state index contributed by atoms with van der Waals surface area (Å²) in [5, 5.41) is 9.37. The molecule has 6 nitrogen and oxygen atoms in total. The van der Waals surface area contributed by atoms with Gasteiger partial charge in [0.05, 0.1) is 17.8 Å². The molecule has 0 spiro atoms. The molecule has 0 aliphatic heterocycles. The number of aromatic nitrogens is 2. The van der Waals surface area contributed by atoms with Gasteiger partial charge in [0.2, 0.25) is 0 Å². The Morgan fingerprint density at radius 3 is 2.71 bits per heavy atom. The van der Waals surface area contributed by atoms with Gasteiger partial charge in [0, 0.05) is 22.6 Å². The summed E-state index contributed by atoms with van der Waals surface area (Å²) in [5.41, 5.74) is 2.57. The van der Waals surface area contributed by atoms with Crippen molar-refractivity contribution in [2.75, 3.05) is 12.4 Å². The lowest BCUT2D eigenvalue weighted by Gasteiger charge is -2.04. The van der Waals surface area contributed by atoms with Gasteiger partial charge in [-0.1, -0.05) is 47.1 Å². The summed E-state index contributed by atoms with van der Waals surface area (Å²) in [6, 6.07) is 16.5. The van der Waals surface area contributed by atoms with E-state index in [1.165, 1.54) is 11.3 Å². The zero-order chi connectivity index (χ0) is 19.5. The number of methoxy groups -OCH3 is 1. The van der Waals surface area contributed by atoms with Crippen LogP contribution in [0.2, 0.25) is 5.02 Å². The molecule has 0 fully saturated rings. The second-order valence-corrected chi connectivity index (χ2v) is 7.05. The second kappa shape index (κ2) is 7.84. The molecular formula is C20H14ClN3O3S. The number of carbonyl (C=O) groups excluding carboxylic acids is 1. The standard InChI is InChI=1S/C20H14ClN3O3S/c1-26-17-8-7-13(9-14(17)21)16-11-28-20(22-16)23-19(25)15-10-18(27-24-15)12-5-3-2-4-6-12/h2-11H,1H3,(H,22,23,25). The first-order valence-corrected chi connectivity index (χ1v) is 9.53. The van der Waals surface area contributed by atoms with E-state index in [1.54, 1.807) is 25.3 Å². The molecule has 0 bridgehead atoms. The Balaban J connectivity index is 1.49. The Kier molecular flexibility index (Phi) is 5.10. The SMILES string of the molecule is COc1ccc(-c2csc(NC(=O)c3cc(-c4ccccc4)on3)n2)cc1Cl. The first-order valence-electron chi connectivity index (χ1n) is 8.27. The molecule has 4 rings (SSSR count). The van der Waals surface area contributed by atoms with Gasteiger partial charge in [-0.15, -0.1) is 11.3 Å². The van der Waals surface area contributed by atoms with Gasteiger partial charge in [-0.05, 0) is 18.2 Å². The number of ether oxygens (including phenoxy) is 1. The van der Waals surface area contributed by atoms with E-state index >= 15 is 0 Å². The first-order chi connectivity index (χ1) is 13.6. The summed E-state index contributed by atoms with van der Waals surface area (Å²) in [4.78, 5) is 16.9. The summed E-state index contributed by atoms with van der Waals surface area (Å²) in [6.07, 6.45) is 0. The summed E-state index contributed by atoms with van der Waals surface area (Å²) >= 11 is 7.48. The van der Waals surface area contributed by atoms with E-state index in [9.17, 15) is 4.79 Å². The average Bonchev–Trinajstić information content (AvgIpc) is 3.38. The fourth-order valence-electron chi connectivity index (χ4n) is 2.57. The van der Waals surface area contributed by atoms with Crippen LogP contribution in [-0.2, 0) is 0 Å². The van der Waals surface area contributed by atoms with Crippen LogP contribution in [0.3, 0.4) is 0 Å². The van der Waals surface area contributed by atoms with Gasteiger partial charge in [0.1, 0.15) is 5.75 Å². The number of nitrogens with one attached hydrogen (secondary N) is 1. The van der Waals surface area contributed by atoms with Crippen molar-refractivity contribution in [1.82, 2.24) is 10.1 Å². The minimum absolute atomic E-state index is 0.183. The highest BCUT2D eigenvalue weighted by molar-refractivity contribution is 7.14. The number of hydrogen-bond acceptors (Lipinski definition) is 6. The predicted octanol–water partition coefficient (Wildman–Crippen LogP) is 5.38. The number of rotatable bonds is 5. The summed E-state index contributed by atoms with van der Waals surface area (Å²) in [5.74, 6) is 0.729. The van der Waals surface area contributed by atoms with Crippen molar-refractivity contribution in [2.24, 2.45) is 0 Å². The number of benzene rings is 2. The maximum Gasteiger partial charge on any atom is 0.279 e. The zero-order valence-corrected chi connectivity index (χ0v) is 16.3. The van der Waals surface area contributed by atoms with E-state index in [1.807, 2.05) is 41.8 Å². The first kappa shape index (κ1) is 18.2. The zero-order valence-electron chi connectivity index (χ0n) is 14.7. The van der Waals surface area contributed by atoms with Crippen molar-refractivity contribution in [3.63, 3.8) is 0 Å². The molecule has 8 heteroatoms. The lowest BCUT2D eigenvalue weighted by molar-refractivity contribution is 0.101. The van der Waals surface area contributed by atoms with Crippen LogP contribution in [0.1, 0.15) is 10.5 Å². The minimum Gasteiger partial charge on any atom is -0.495 e. The molecule has 1 N–H and O–H groups in total. The van der Waals surface area contributed by atoms with Crippen LogP contribution in [0.4, 0.5) is 5.13 Å². The highest BCUT2D eigenvalue weighted by Crippen LogP contribution is 2.32. The van der Waals surface area contributed by atoms with Crippen molar-refractivity contribution >= 4 is 34.0 Å². The fraction of sp³-hybridized carbons (Fsp3) is 0.0500. The summed E-state index contributed by atoms with van der Waals surface area (Å²) < 4.78 is 10.4. The molecule has 2 aromatic heterocycles. The van der Waals surface area contributed by atoms with Crippen molar-refractivity contribution < 1.29 is 14.1 Å². The van der Waals surface area contributed by atoms with Crippen molar-refractivity contribution in [3.05, 3.63) is 70.7 Å². The average molecular weight is 412 g/mol. The van der Waals surface area contributed by atoms with Crippen LogP contribution >= 0.6 is 22.9 Å². The van der Waals surface area contributed by atoms with Gasteiger partial charge >= 0.3 is 0 Å². The molecule has 4 aromatic rings. The van der Waals surface area contributed by atoms with Crippen LogP contribution in [0, 0.1) is 0 Å². The number of nitrogens with zero attached hydrogens (tertiary/aromatic N) is 2. The summed E-state index contributed by atoms with van der Waals surface area (Å²) in [6.45, 7) is 0. The Morgan fingerprint density at radius 1 is 1.14 bits per heavy atom. The van der Waals surface area contributed by atoms with Gasteiger partial charge in [0.25, 0.3) is 5.91 Å². The van der Waals surface area contributed by atoms with Crippen LogP contribution in [0.15, 0.2) is 64.5 Å². The molecule has 140 valence electrons. The van der Waals surface area contributed by atoms with Crippen LogP contribution in [0.25, 0.3) is 22.6 Å². The Bertz CT molecular complexity index is 1120. The van der Waals surface area contributed by atoms with E-state index < -0.39 is 0 Å². The van der Waals surface area contributed by atoms with Crippen molar-refractivity contribution in [3.8, 4) is 28.3 Å². The molecule has 0 atom stereocenters. The monoisotopic (exact) mass is 411 g/mol. The molecule has 0 saturated carbocycles. The van der Waals surface area contributed by atoms with Crippen LogP contribution in [-0.4, -0.2) is 23.2 Å². The summed E-state index contributed by atoms with van der Waals surface area (Å²) in [7, 11) is 1.56. The normalized spacial score (nSPS) is 10.6. The third-order valence-electron chi connectivity index (χ3n) is 3.97. The molecule has 2 heterocycles. The van der Waals surface area contributed by atoms with E-state index in [4.69, 9.17) is 20.9 Å². The van der Waals surface area contributed by atoms with Crippen LogP contribution < -0.4 is 10.1 Å². The largest absolute Gasteiger partial charge is 0.495 e. The third-order valence-corrected chi connectivity index (χ3v) is 5.03. The maximum atomic E-state index is 12.4. The molecule has 28 heavy (non-hydrogen) atoms. The molecule has 0 aliphatic rings. The number of hydrogen-bond donors (Lipinski definition) is 1. The Labute approximate surface area is 169 Å². The number of thiazole rings is 1. The van der Waals surface area contributed by atoms with Crippen LogP contribution in [0.5, 0.6) is 5.75 Å². The van der Waals surface area contributed by atoms with Crippen molar-refractivity contribution in [2.45, 2.75) is 0 Å². The molecule has 2 aromatic carbocycles. The molecule has 0 saturated heterocycles. The second-order valence-electron chi connectivity index (χ2n) is 5.78. The Hall–Kier alpha value is -3.16. The van der Waals surface area contributed by atoms with Gasteiger partial charge < -0.3 is 9.26 Å². The van der Waals surface area contributed by atoms with Gasteiger partial charge in [0.15, 0.2) is 16.6 Å². The number of halogens is 1.